The standard InChI is InChI=1S/C26H21BrN6O4/c1-33-21(24(34)29-19-11-10-17(27)13-18(19)23-31-26(36)37-32-23)12-16-8-5-9-20(22(16)33)30-25(35)28-14-15-6-3-2-4-7-15/h2-13H,14H2,1H3,(H,29,34)(H2,28,30,35)(H,31,32,36). The fourth-order valence-corrected chi connectivity index (χ4v) is 4.39. The summed E-state index contributed by atoms with van der Waals surface area (Å²) in [6.07, 6.45) is 0. The van der Waals surface area contributed by atoms with E-state index in [-0.39, 0.29) is 17.8 Å². The van der Waals surface area contributed by atoms with E-state index in [1.54, 1.807) is 41.9 Å². The molecule has 3 aromatic carbocycles. The zero-order valence-corrected chi connectivity index (χ0v) is 21.1. The van der Waals surface area contributed by atoms with Crippen molar-refractivity contribution in [1.29, 1.82) is 0 Å². The Morgan fingerprint density at radius 2 is 1.81 bits per heavy atom. The van der Waals surface area contributed by atoms with Crippen LogP contribution >= 0.6 is 15.9 Å². The summed E-state index contributed by atoms with van der Waals surface area (Å²) in [4.78, 5) is 39.8. The van der Waals surface area contributed by atoms with Crippen molar-refractivity contribution in [3.63, 3.8) is 0 Å². The molecule has 0 fully saturated rings. The summed E-state index contributed by atoms with van der Waals surface area (Å²) >= 11 is 3.39. The summed E-state index contributed by atoms with van der Waals surface area (Å²) in [5, 5.41) is 13.1. The molecule has 0 aliphatic carbocycles. The van der Waals surface area contributed by atoms with Gasteiger partial charge in [-0.15, -0.1) is 0 Å². The molecule has 0 saturated heterocycles. The highest BCUT2D eigenvalue weighted by atomic mass is 79.9. The number of benzene rings is 3. The van der Waals surface area contributed by atoms with Gasteiger partial charge in [-0.25, -0.2) is 9.59 Å². The van der Waals surface area contributed by atoms with Crippen LogP contribution in [0.4, 0.5) is 16.2 Å². The number of hydrogen-bond acceptors (Lipinski definition) is 5. The van der Waals surface area contributed by atoms with Gasteiger partial charge in [0.15, 0.2) is 5.82 Å². The Morgan fingerprint density at radius 3 is 2.57 bits per heavy atom. The first-order valence-electron chi connectivity index (χ1n) is 11.2. The first kappa shape index (κ1) is 24.1. The number of aromatic amines is 1. The number of hydrogen-bond donors (Lipinski definition) is 4. The van der Waals surface area contributed by atoms with Crippen LogP contribution in [0.15, 0.2) is 86.6 Å². The highest BCUT2D eigenvalue weighted by Crippen LogP contribution is 2.30. The molecule has 5 aromatic rings. The third-order valence-corrected chi connectivity index (χ3v) is 6.25. The van der Waals surface area contributed by atoms with Crippen molar-refractivity contribution < 1.29 is 14.1 Å². The normalized spacial score (nSPS) is 10.9. The van der Waals surface area contributed by atoms with E-state index in [9.17, 15) is 14.4 Å². The van der Waals surface area contributed by atoms with Crippen molar-refractivity contribution in [3.8, 4) is 11.4 Å². The minimum Gasteiger partial charge on any atom is -0.338 e. The van der Waals surface area contributed by atoms with Crippen LogP contribution in [-0.4, -0.2) is 26.6 Å². The fraction of sp³-hybridized carbons (Fsp3) is 0.0769. The molecule has 0 bridgehead atoms. The lowest BCUT2D eigenvalue weighted by Gasteiger charge is -2.12. The molecule has 0 aliphatic rings. The van der Waals surface area contributed by atoms with Crippen LogP contribution in [0.3, 0.4) is 0 Å². The predicted molar refractivity (Wildman–Crippen MR) is 143 cm³/mol. The lowest BCUT2D eigenvalue weighted by atomic mass is 10.1. The molecule has 186 valence electrons. The van der Waals surface area contributed by atoms with Gasteiger partial charge in [0.1, 0.15) is 5.69 Å². The van der Waals surface area contributed by atoms with E-state index in [1.807, 2.05) is 42.5 Å². The highest BCUT2D eigenvalue weighted by Gasteiger charge is 2.19. The molecule has 2 heterocycles. The molecule has 0 atom stereocenters. The van der Waals surface area contributed by atoms with E-state index < -0.39 is 5.76 Å². The summed E-state index contributed by atoms with van der Waals surface area (Å²) in [5.41, 5.74) is 3.52. The summed E-state index contributed by atoms with van der Waals surface area (Å²) in [5.74, 6) is -0.895. The van der Waals surface area contributed by atoms with Gasteiger partial charge in [0.2, 0.25) is 0 Å². The molecule has 5 rings (SSSR count). The molecule has 2 aromatic heterocycles. The number of carbonyl (C=O) groups is 2. The van der Waals surface area contributed by atoms with E-state index in [1.165, 1.54) is 0 Å². The molecule has 4 N–H and O–H groups in total. The van der Waals surface area contributed by atoms with Crippen LogP contribution < -0.4 is 21.7 Å². The molecule has 11 heteroatoms. The SMILES string of the molecule is Cn1c(C(=O)Nc2ccc(Br)cc2-c2noc(=O)[nH]2)cc2cccc(NC(=O)NCc3ccccc3)c21. The van der Waals surface area contributed by atoms with Gasteiger partial charge in [-0.2, -0.15) is 0 Å². The number of aryl methyl sites for hydroxylation is 1. The Hall–Kier alpha value is -4.64. The quantitative estimate of drug-likeness (QED) is 0.235. The molecular weight excluding hydrogens is 540 g/mol. The van der Waals surface area contributed by atoms with E-state index in [0.29, 0.717) is 34.7 Å². The fourth-order valence-electron chi connectivity index (χ4n) is 4.03. The topological polar surface area (TPSA) is 134 Å². The van der Waals surface area contributed by atoms with Gasteiger partial charge in [-0.3, -0.25) is 14.3 Å². The minimum atomic E-state index is -0.700. The summed E-state index contributed by atoms with van der Waals surface area (Å²) in [6.45, 7) is 0.385. The van der Waals surface area contributed by atoms with Crippen LogP contribution in [0.25, 0.3) is 22.3 Å². The van der Waals surface area contributed by atoms with Crippen LogP contribution in [0, 0.1) is 0 Å². The number of nitrogens with one attached hydrogen (secondary N) is 4. The van der Waals surface area contributed by atoms with Crippen molar-refractivity contribution in [1.82, 2.24) is 20.0 Å². The van der Waals surface area contributed by atoms with Crippen molar-refractivity contribution in [3.05, 3.63) is 99.1 Å². The highest BCUT2D eigenvalue weighted by molar-refractivity contribution is 9.10. The third kappa shape index (κ3) is 5.16. The maximum Gasteiger partial charge on any atom is 0.439 e. The largest absolute Gasteiger partial charge is 0.439 e. The maximum absolute atomic E-state index is 13.3. The van der Waals surface area contributed by atoms with Crippen LogP contribution in [-0.2, 0) is 13.6 Å². The lowest BCUT2D eigenvalue weighted by molar-refractivity contribution is 0.102. The number of para-hydroxylation sites is 1. The first-order chi connectivity index (χ1) is 17.9. The Bertz CT molecular complexity index is 1670. The molecule has 0 radical (unpaired) electrons. The van der Waals surface area contributed by atoms with Crippen molar-refractivity contribution in [2.24, 2.45) is 7.05 Å². The Kier molecular flexibility index (Phi) is 6.60. The minimum absolute atomic E-state index is 0.187. The second-order valence-electron chi connectivity index (χ2n) is 8.21. The van der Waals surface area contributed by atoms with Crippen molar-refractivity contribution >= 4 is 50.1 Å². The lowest BCUT2D eigenvalue weighted by Crippen LogP contribution is -2.28. The number of anilines is 2. The van der Waals surface area contributed by atoms with Crippen LogP contribution in [0.2, 0.25) is 0 Å². The van der Waals surface area contributed by atoms with E-state index >= 15 is 0 Å². The van der Waals surface area contributed by atoms with Crippen LogP contribution in [0.1, 0.15) is 16.1 Å². The average molecular weight is 561 g/mol. The predicted octanol–water partition coefficient (Wildman–Crippen LogP) is 4.86. The monoisotopic (exact) mass is 560 g/mol. The number of rotatable bonds is 6. The Labute approximate surface area is 218 Å². The van der Waals surface area contributed by atoms with Gasteiger partial charge in [0, 0.05) is 29.0 Å². The summed E-state index contributed by atoms with van der Waals surface area (Å²) < 4.78 is 7.06. The molecule has 10 nitrogen and oxygen atoms in total. The smallest absolute Gasteiger partial charge is 0.338 e. The van der Waals surface area contributed by atoms with Gasteiger partial charge >= 0.3 is 11.8 Å². The molecule has 0 unspecified atom stereocenters. The molecule has 3 amide bonds. The van der Waals surface area contributed by atoms with Gasteiger partial charge < -0.3 is 20.5 Å². The Morgan fingerprint density at radius 1 is 1.00 bits per heavy atom. The number of carbonyl (C=O) groups excluding carboxylic acids is 2. The number of halogens is 1. The zero-order chi connectivity index (χ0) is 25.9. The summed E-state index contributed by atoms with van der Waals surface area (Å²) in [7, 11) is 1.75. The van der Waals surface area contributed by atoms with Gasteiger partial charge in [0.05, 0.1) is 16.9 Å². The van der Waals surface area contributed by atoms with Gasteiger partial charge in [-0.1, -0.05) is 63.6 Å². The number of aromatic nitrogens is 3. The van der Waals surface area contributed by atoms with Gasteiger partial charge in [-0.05, 0) is 35.9 Å². The zero-order valence-electron chi connectivity index (χ0n) is 19.5. The van der Waals surface area contributed by atoms with E-state index in [2.05, 4.69) is 46.5 Å². The second-order valence-corrected chi connectivity index (χ2v) is 9.13. The molecule has 37 heavy (non-hydrogen) atoms. The van der Waals surface area contributed by atoms with Gasteiger partial charge in [0.25, 0.3) is 5.91 Å². The number of H-pyrrole nitrogens is 1. The number of amides is 3. The molecule has 0 spiro atoms. The van der Waals surface area contributed by atoms with E-state index in [4.69, 9.17) is 0 Å². The third-order valence-electron chi connectivity index (χ3n) is 5.76. The van der Waals surface area contributed by atoms with Crippen molar-refractivity contribution in [2.75, 3.05) is 10.6 Å². The number of nitrogens with zero attached hydrogens (tertiary/aromatic N) is 2. The summed E-state index contributed by atoms with van der Waals surface area (Å²) in [6, 6.07) is 21.6. The Balaban J connectivity index is 1.39. The number of urea groups is 1. The maximum atomic E-state index is 13.3. The average Bonchev–Trinajstić information content (AvgIpc) is 3.48. The molecule has 0 saturated carbocycles. The first-order valence-corrected chi connectivity index (χ1v) is 12.0. The van der Waals surface area contributed by atoms with E-state index in [0.717, 1.165) is 15.4 Å². The van der Waals surface area contributed by atoms with Crippen LogP contribution in [0.5, 0.6) is 0 Å². The molecule has 0 aliphatic heterocycles. The van der Waals surface area contributed by atoms with Crippen molar-refractivity contribution in [2.45, 2.75) is 6.54 Å². The second kappa shape index (κ2) is 10.2. The number of fused-ring (bicyclic) bond motifs is 1. The molecular formula is C26H21BrN6O4.